The molecule has 5 nitrogen and oxygen atoms in total. The number of amides is 2. The Labute approximate surface area is 139 Å². The molecule has 0 fully saturated rings. The largest absolute Gasteiger partial charge is 0.340 e. The first kappa shape index (κ1) is 17.1. The molecule has 2 amide bonds. The van der Waals surface area contributed by atoms with E-state index in [1.54, 1.807) is 28.8 Å². The van der Waals surface area contributed by atoms with Gasteiger partial charge in [0.05, 0.1) is 0 Å². The summed E-state index contributed by atoms with van der Waals surface area (Å²) in [6, 6.07) is 8.26. The molecule has 2 aromatic rings. The molecule has 122 valence electrons. The maximum atomic E-state index is 12.5. The summed E-state index contributed by atoms with van der Waals surface area (Å²) in [5, 5.41) is 4.70. The van der Waals surface area contributed by atoms with Gasteiger partial charge in [-0.05, 0) is 18.1 Å². The van der Waals surface area contributed by atoms with Gasteiger partial charge in [-0.25, -0.2) is 0 Å². The Morgan fingerprint density at radius 3 is 2.57 bits per heavy atom. The molecule has 0 aliphatic heterocycles. The van der Waals surface area contributed by atoms with Crippen LogP contribution in [0, 0.1) is 5.92 Å². The Morgan fingerprint density at radius 1 is 1.30 bits per heavy atom. The molecule has 0 saturated carbocycles. The lowest BCUT2D eigenvalue weighted by Gasteiger charge is -2.21. The van der Waals surface area contributed by atoms with Crippen molar-refractivity contribution in [1.82, 2.24) is 9.88 Å². The molecule has 6 heteroatoms. The van der Waals surface area contributed by atoms with Crippen LogP contribution < -0.4 is 10.1 Å². The molecule has 23 heavy (non-hydrogen) atoms. The molecule has 1 N–H and O–H groups in total. The van der Waals surface area contributed by atoms with Gasteiger partial charge in [0, 0.05) is 24.2 Å². The molecule has 0 bridgehead atoms. The number of nitrogens with one attached hydrogen (secondary N) is 1. The molecular formula is C17H21N3O2S. The fourth-order valence-electron chi connectivity index (χ4n) is 2.10. The highest BCUT2D eigenvalue weighted by Gasteiger charge is 2.26. The number of aryl methyl sites for hydroxylation is 1. The lowest BCUT2D eigenvalue weighted by atomic mass is 9.98. The van der Waals surface area contributed by atoms with E-state index < -0.39 is 6.04 Å². The Morgan fingerprint density at radius 2 is 2.00 bits per heavy atom. The summed E-state index contributed by atoms with van der Waals surface area (Å²) in [6.07, 6.45) is 2.62. The maximum absolute atomic E-state index is 12.5. The molecule has 0 aliphatic carbocycles. The predicted octanol–water partition coefficient (Wildman–Crippen LogP) is 2.36. The van der Waals surface area contributed by atoms with Crippen LogP contribution in [0.5, 0.6) is 0 Å². The minimum absolute atomic E-state index is 0.00387. The minimum Gasteiger partial charge on any atom is -0.340 e. The predicted molar refractivity (Wildman–Crippen MR) is 91.0 cm³/mol. The molecule has 0 saturated heterocycles. The molecule has 1 heterocycles. The van der Waals surface area contributed by atoms with Crippen LogP contribution in [0.4, 0.5) is 0 Å². The van der Waals surface area contributed by atoms with Crippen LogP contribution in [-0.2, 0) is 11.8 Å². The van der Waals surface area contributed by atoms with Crippen molar-refractivity contribution in [2.75, 3.05) is 0 Å². The molecule has 0 aliphatic rings. The number of thiazole rings is 1. The van der Waals surface area contributed by atoms with E-state index in [0.717, 1.165) is 6.42 Å². The van der Waals surface area contributed by atoms with Crippen molar-refractivity contribution in [3.05, 3.63) is 52.3 Å². The zero-order valence-corrected chi connectivity index (χ0v) is 14.3. The summed E-state index contributed by atoms with van der Waals surface area (Å²) >= 11 is 1.39. The number of carbonyl (C=O) groups excluding carboxylic acids is 2. The van der Waals surface area contributed by atoms with Crippen LogP contribution in [-0.4, -0.2) is 22.4 Å². The third-order valence-corrected chi connectivity index (χ3v) is 4.61. The fourth-order valence-corrected chi connectivity index (χ4v) is 2.83. The standard InChI is InChI=1S/C17H21N3O2S/c1-4-12(2)14(16(22)19-17-20(3)10-11-23-17)18-15(21)13-8-6-5-7-9-13/h5-12,14H,4H2,1-3H3,(H,18,21). The molecule has 1 aromatic carbocycles. The van der Waals surface area contributed by atoms with Gasteiger partial charge in [-0.1, -0.05) is 38.5 Å². The van der Waals surface area contributed by atoms with E-state index in [-0.39, 0.29) is 17.7 Å². The Hall–Kier alpha value is -2.21. The van der Waals surface area contributed by atoms with Gasteiger partial charge in [0.25, 0.3) is 11.8 Å². The summed E-state index contributed by atoms with van der Waals surface area (Å²) in [5.41, 5.74) is 0.537. The van der Waals surface area contributed by atoms with Crippen LogP contribution in [0.25, 0.3) is 0 Å². The highest BCUT2D eigenvalue weighted by atomic mass is 32.1. The van der Waals surface area contributed by atoms with Crippen LogP contribution in [0.15, 0.2) is 46.9 Å². The first-order valence-corrected chi connectivity index (χ1v) is 8.45. The lowest BCUT2D eigenvalue weighted by molar-refractivity contribution is -0.121. The summed E-state index contributed by atoms with van der Waals surface area (Å²) in [5.74, 6) is -0.569. The van der Waals surface area contributed by atoms with Gasteiger partial charge in [0.2, 0.25) is 0 Å². The van der Waals surface area contributed by atoms with Crippen LogP contribution in [0.1, 0.15) is 30.6 Å². The van der Waals surface area contributed by atoms with E-state index in [1.165, 1.54) is 11.3 Å². The van der Waals surface area contributed by atoms with Gasteiger partial charge in [-0.2, -0.15) is 4.99 Å². The van der Waals surface area contributed by atoms with Crippen molar-refractivity contribution in [3.63, 3.8) is 0 Å². The Balaban J connectivity index is 2.22. The topological polar surface area (TPSA) is 63.5 Å². The number of hydrogen-bond donors (Lipinski definition) is 1. The van der Waals surface area contributed by atoms with E-state index in [0.29, 0.717) is 10.4 Å². The van der Waals surface area contributed by atoms with Gasteiger partial charge < -0.3 is 9.88 Å². The molecule has 0 spiro atoms. The van der Waals surface area contributed by atoms with E-state index in [9.17, 15) is 9.59 Å². The van der Waals surface area contributed by atoms with Crippen molar-refractivity contribution >= 4 is 23.2 Å². The number of carbonyl (C=O) groups is 2. The van der Waals surface area contributed by atoms with E-state index >= 15 is 0 Å². The number of nitrogens with zero attached hydrogens (tertiary/aromatic N) is 2. The highest BCUT2D eigenvalue weighted by Crippen LogP contribution is 2.11. The molecular weight excluding hydrogens is 310 g/mol. The maximum Gasteiger partial charge on any atom is 0.271 e. The van der Waals surface area contributed by atoms with Crippen molar-refractivity contribution in [2.24, 2.45) is 18.0 Å². The summed E-state index contributed by atoms with van der Waals surface area (Å²) in [6.45, 7) is 3.93. The second kappa shape index (κ2) is 7.87. The zero-order valence-electron chi connectivity index (χ0n) is 13.5. The van der Waals surface area contributed by atoms with Crippen LogP contribution in [0.3, 0.4) is 0 Å². The second-order valence-electron chi connectivity index (χ2n) is 5.45. The smallest absolute Gasteiger partial charge is 0.271 e. The average molecular weight is 331 g/mol. The normalized spacial score (nSPS) is 14.3. The number of aromatic nitrogens is 1. The van der Waals surface area contributed by atoms with Gasteiger partial charge in [-0.15, -0.1) is 11.3 Å². The Kier molecular flexibility index (Phi) is 5.87. The van der Waals surface area contributed by atoms with Crippen molar-refractivity contribution in [2.45, 2.75) is 26.3 Å². The van der Waals surface area contributed by atoms with Gasteiger partial charge >= 0.3 is 0 Å². The zero-order chi connectivity index (χ0) is 16.8. The van der Waals surface area contributed by atoms with Crippen molar-refractivity contribution in [3.8, 4) is 0 Å². The van der Waals surface area contributed by atoms with Gasteiger partial charge in [0.15, 0.2) is 4.80 Å². The fraction of sp³-hybridized carbons (Fsp3) is 0.353. The number of benzene rings is 1. The molecule has 2 atom stereocenters. The lowest BCUT2D eigenvalue weighted by Crippen LogP contribution is -2.45. The first-order chi connectivity index (χ1) is 11.0. The third-order valence-electron chi connectivity index (χ3n) is 3.77. The van der Waals surface area contributed by atoms with Gasteiger partial charge in [0.1, 0.15) is 6.04 Å². The second-order valence-corrected chi connectivity index (χ2v) is 6.32. The molecule has 2 unspecified atom stereocenters. The van der Waals surface area contributed by atoms with Crippen molar-refractivity contribution < 1.29 is 9.59 Å². The molecule has 1 aromatic heterocycles. The molecule has 2 rings (SSSR count). The third kappa shape index (κ3) is 4.39. The minimum atomic E-state index is -0.630. The van der Waals surface area contributed by atoms with E-state index in [1.807, 2.05) is 38.5 Å². The summed E-state index contributed by atoms with van der Waals surface area (Å²) in [7, 11) is 1.84. The Bertz CT molecular complexity index is 734. The van der Waals surface area contributed by atoms with Crippen LogP contribution in [0.2, 0.25) is 0 Å². The summed E-state index contributed by atoms with van der Waals surface area (Å²) < 4.78 is 1.79. The van der Waals surface area contributed by atoms with E-state index in [4.69, 9.17) is 0 Å². The highest BCUT2D eigenvalue weighted by molar-refractivity contribution is 7.07. The van der Waals surface area contributed by atoms with Gasteiger partial charge in [-0.3, -0.25) is 9.59 Å². The average Bonchev–Trinajstić information content (AvgIpc) is 2.97. The van der Waals surface area contributed by atoms with E-state index in [2.05, 4.69) is 10.3 Å². The summed E-state index contributed by atoms with van der Waals surface area (Å²) in [4.78, 5) is 29.7. The number of rotatable bonds is 5. The SMILES string of the molecule is CCC(C)C(NC(=O)c1ccccc1)C(=O)N=c1sccn1C. The van der Waals surface area contributed by atoms with Crippen molar-refractivity contribution in [1.29, 1.82) is 0 Å². The quantitative estimate of drug-likeness (QED) is 0.914. The molecule has 0 radical (unpaired) electrons. The first-order valence-electron chi connectivity index (χ1n) is 7.57. The monoisotopic (exact) mass is 331 g/mol. The number of hydrogen-bond acceptors (Lipinski definition) is 3. The van der Waals surface area contributed by atoms with Crippen LogP contribution >= 0.6 is 11.3 Å².